The van der Waals surface area contributed by atoms with Crippen molar-refractivity contribution in [3.63, 3.8) is 0 Å². The number of aromatic hydroxyl groups is 1. The van der Waals surface area contributed by atoms with Crippen LogP contribution in [0.4, 0.5) is 10.5 Å². The van der Waals surface area contributed by atoms with Crippen LogP contribution in [0, 0.1) is 0 Å². The quantitative estimate of drug-likeness (QED) is 0.463. The molecule has 1 aromatic rings. The van der Waals surface area contributed by atoms with Crippen LogP contribution in [0.15, 0.2) is 18.2 Å². The average molecular weight is 281 g/mol. The van der Waals surface area contributed by atoms with Crippen LogP contribution in [0.3, 0.4) is 0 Å². The number of phenols is 1. The van der Waals surface area contributed by atoms with Gasteiger partial charge >= 0.3 is 12.0 Å². The highest BCUT2D eigenvalue weighted by molar-refractivity contribution is 5.95. The first-order valence-electron chi connectivity index (χ1n) is 6.16. The zero-order chi connectivity index (χ0) is 15.1. The van der Waals surface area contributed by atoms with Crippen molar-refractivity contribution in [2.24, 2.45) is 0 Å². The molecule has 0 saturated heterocycles. The SMILES string of the molecule is CN(C)CCCNC(=O)Nc1ccc(O)c(C(=O)O)c1. The minimum absolute atomic E-state index is 0.254. The second-order valence-corrected chi connectivity index (χ2v) is 4.57. The second kappa shape index (κ2) is 7.34. The molecule has 0 unspecified atom stereocenters. The highest BCUT2D eigenvalue weighted by atomic mass is 16.4. The predicted molar refractivity (Wildman–Crippen MR) is 75.3 cm³/mol. The number of carbonyl (C=O) groups is 2. The van der Waals surface area contributed by atoms with Gasteiger partial charge in [-0.15, -0.1) is 0 Å². The Morgan fingerprint density at radius 3 is 2.60 bits per heavy atom. The van der Waals surface area contributed by atoms with Crippen LogP contribution < -0.4 is 10.6 Å². The van der Waals surface area contributed by atoms with Crippen LogP contribution in [-0.2, 0) is 0 Å². The monoisotopic (exact) mass is 281 g/mol. The molecule has 0 spiro atoms. The van der Waals surface area contributed by atoms with Crippen molar-refractivity contribution >= 4 is 17.7 Å². The lowest BCUT2D eigenvalue weighted by molar-refractivity contribution is 0.0693. The molecule has 0 aromatic heterocycles. The highest BCUT2D eigenvalue weighted by Gasteiger charge is 2.11. The molecule has 0 aliphatic carbocycles. The molecular formula is C13H19N3O4. The van der Waals surface area contributed by atoms with Crippen LogP contribution in [0.25, 0.3) is 0 Å². The molecule has 0 radical (unpaired) electrons. The lowest BCUT2D eigenvalue weighted by Gasteiger charge is -2.11. The van der Waals surface area contributed by atoms with Gasteiger partial charge in [0.2, 0.25) is 0 Å². The summed E-state index contributed by atoms with van der Waals surface area (Å²) in [4.78, 5) is 24.4. The number of carbonyl (C=O) groups excluding carboxylic acids is 1. The van der Waals surface area contributed by atoms with E-state index in [0.29, 0.717) is 12.2 Å². The van der Waals surface area contributed by atoms with Gasteiger partial charge in [0.25, 0.3) is 0 Å². The van der Waals surface area contributed by atoms with Crippen molar-refractivity contribution in [1.29, 1.82) is 0 Å². The predicted octanol–water partition coefficient (Wildman–Crippen LogP) is 1.16. The normalized spacial score (nSPS) is 10.3. The number of amides is 2. The molecule has 7 nitrogen and oxygen atoms in total. The molecule has 0 aliphatic heterocycles. The summed E-state index contributed by atoms with van der Waals surface area (Å²) in [6, 6.07) is 3.45. The van der Waals surface area contributed by atoms with E-state index in [1.807, 2.05) is 19.0 Å². The van der Waals surface area contributed by atoms with E-state index in [4.69, 9.17) is 5.11 Å². The van der Waals surface area contributed by atoms with Crippen LogP contribution in [0.1, 0.15) is 16.8 Å². The maximum atomic E-state index is 11.6. The van der Waals surface area contributed by atoms with Gasteiger partial charge in [-0.2, -0.15) is 0 Å². The molecule has 0 atom stereocenters. The smallest absolute Gasteiger partial charge is 0.339 e. The maximum absolute atomic E-state index is 11.6. The van der Waals surface area contributed by atoms with Crippen LogP contribution in [0.5, 0.6) is 5.75 Å². The fraction of sp³-hybridized carbons (Fsp3) is 0.385. The molecule has 0 heterocycles. The summed E-state index contributed by atoms with van der Waals surface area (Å²) >= 11 is 0. The van der Waals surface area contributed by atoms with E-state index in [1.165, 1.54) is 18.2 Å². The molecule has 1 aromatic carbocycles. The summed E-state index contributed by atoms with van der Waals surface area (Å²) in [6.07, 6.45) is 0.816. The Hall–Kier alpha value is -2.28. The Kier molecular flexibility index (Phi) is 5.79. The number of rotatable bonds is 6. The molecule has 4 N–H and O–H groups in total. The van der Waals surface area contributed by atoms with Gasteiger partial charge in [-0.3, -0.25) is 0 Å². The maximum Gasteiger partial charge on any atom is 0.339 e. The third kappa shape index (κ3) is 5.15. The molecule has 0 fully saturated rings. The van der Waals surface area contributed by atoms with Crippen molar-refractivity contribution < 1.29 is 19.8 Å². The van der Waals surface area contributed by atoms with E-state index < -0.39 is 12.0 Å². The van der Waals surface area contributed by atoms with E-state index in [1.54, 1.807) is 0 Å². The number of nitrogens with zero attached hydrogens (tertiary/aromatic N) is 1. The number of hydrogen-bond donors (Lipinski definition) is 4. The number of urea groups is 1. The number of hydrogen-bond acceptors (Lipinski definition) is 4. The van der Waals surface area contributed by atoms with E-state index in [9.17, 15) is 14.7 Å². The summed E-state index contributed by atoms with van der Waals surface area (Å²) in [5, 5.41) is 23.4. The summed E-state index contributed by atoms with van der Waals surface area (Å²) in [5.41, 5.74) is 0.0562. The van der Waals surface area contributed by atoms with Crippen molar-refractivity contribution in [2.45, 2.75) is 6.42 Å². The van der Waals surface area contributed by atoms with Crippen molar-refractivity contribution in [3.8, 4) is 5.75 Å². The van der Waals surface area contributed by atoms with E-state index >= 15 is 0 Å². The Bertz CT molecular complexity index is 489. The topological polar surface area (TPSA) is 102 Å². The van der Waals surface area contributed by atoms with Gasteiger partial charge in [0, 0.05) is 12.2 Å². The molecule has 0 bridgehead atoms. The minimum Gasteiger partial charge on any atom is -0.507 e. The number of anilines is 1. The average Bonchev–Trinajstić information content (AvgIpc) is 2.36. The van der Waals surface area contributed by atoms with Gasteiger partial charge in [-0.05, 0) is 45.3 Å². The van der Waals surface area contributed by atoms with Gasteiger partial charge < -0.3 is 25.7 Å². The third-order valence-corrected chi connectivity index (χ3v) is 2.55. The van der Waals surface area contributed by atoms with Gasteiger partial charge in [-0.1, -0.05) is 0 Å². The number of nitrogens with one attached hydrogen (secondary N) is 2. The van der Waals surface area contributed by atoms with Crippen molar-refractivity contribution in [1.82, 2.24) is 10.2 Å². The summed E-state index contributed by atoms with van der Waals surface area (Å²) in [6.45, 7) is 1.39. The molecular weight excluding hydrogens is 262 g/mol. The standard InChI is InChI=1S/C13H19N3O4/c1-16(2)7-3-6-14-13(20)15-9-4-5-11(17)10(8-9)12(18)19/h4-5,8,17H,3,6-7H2,1-2H3,(H,18,19)(H2,14,15,20). The van der Waals surface area contributed by atoms with Crippen LogP contribution in [0.2, 0.25) is 0 Å². The Morgan fingerprint density at radius 2 is 2.00 bits per heavy atom. The number of carboxylic acid groups (broad SMARTS) is 1. The van der Waals surface area contributed by atoms with Crippen LogP contribution >= 0.6 is 0 Å². The fourth-order valence-electron chi connectivity index (χ4n) is 1.56. The first-order chi connectivity index (χ1) is 9.40. The van der Waals surface area contributed by atoms with E-state index in [0.717, 1.165) is 13.0 Å². The molecule has 7 heteroatoms. The van der Waals surface area contributed by atoms with Crippen molar-refractivity contribution in [2.75, 3.05) is 32.5 Å². The lowest BCUT2D eigenvalue weighted by atomic mass is 10.2. The Labute approximate surface area is 117 Å². The molecule has 0 saturated carbocycles. The Balaban J connectivity index is 2.50. The van der Waals surface area contributed by atoms with E-state index in [-0.39, 0.29) is 11.3 Å². The zero-order valence-corrected chi connectivity index (χ0v) is 11.5. The third-order valence-electron chi connectivity index (χ3n) is 2.55. The van der Waals surface area contributed by atoms with E-state index in [2.05, 4.69) is 10.6 Å². The number of carboxylic acids is 1. The highest BCUT2D eigenvalue weighted by Crippen LogP contribution is 2.21. The number of aromatic carboxylic acids is 1. The molecule has 0 aliphatic rings. The summed E-state index contributed by atoms with van der Waals surface area (Å²) < 4.78 is 0. The summed E-state index contributed by atoms with van der Waals surface area (Å²) in [5.74, 6) is -1.59. The fourth-order valence-corrected chi connectivity index (χ4v) is 1.56. The number of benzene rings is 1. The van der Waals surface area contributed by atoms with Gasteiger partial charge in [-0.25, -0.2) is 9.59 Å². The van der Waals surface area contributed by atoms with Gasteiger partial charge in [0.15, 0.2) is 0 Å². The second-order valence-electron chi connectivity index (χ2n) is 4.57. The van der Waals surface area contributed by atoms with Crippen molar-refractivity contribution in [3.05, 3.63) is 23.8 Å². The summed E-state index contributed by atoms with van der Waals surface area (Å²) in [7, 11) is 3.90. The van der Waals surface area contributed by atoms with Gasteiger partial charge in [0.05, 0.1) is 0 Å². The minimum atomic E-state index is -1.25. The molecule has 20 heavy (non-hydrogen) atoms. The van der Waals surface area contributed by atoms with Crippen LogP contribution in [-0.4, -0.2) is 54.3 Å². The van der Waals surface area contributed by atoms with Gasteiger partial charge in [0.1, 0.15) is 11.3 Å². The largest absolute Gasteiger partial charge is 0.507 e. The Morgan fingerprint density at radius 1 is 1.30 bits per heavy atom. The molecule has 1 rings (SSSR count). The first-order valence-corrected chi connectivity index (χ1v) is 6.16. The zero-order valence-electron chi connectivity index (χ0n) is 11.5. The molecule has 2 amide bonds. The lowest BCUT2D eigenvalue weighted by Crippen LogP contribution is -2.31. The first kappa shape index (κ1) is 15.8. The molecule has 110 valence electrons.